The molecule has 19 heavy (non-hydrogen) atoms. The highest BCUT2D eigenvalue weighted by molar-refractivity contribution is 6.74. The van der Waals surface area contributed by atoms with Crippen LogP contribution < -0.4 is 0 Å². The maximum absolute atomic E-state index is 13.1. The van der Waals surface area contributed by atoms with Crippen LogP contribution in [0.2, 0.25) is 18.1 Å². The van der Waals surface area contributed by atoms with E-state index in [1.165, 1.54) is 6.07 Å². The predicted octanol–water partition coefficient (Wildman–Crippen LogP) is 4.02. The minimum absolute atomic E-state index is 0.0424. The zero-order valence-corrected chi connectivity index (χ0v) is 13.1. The number of aliphatic hydroxyl groups is 1. The van der Waals surface area contributed by atoms with Crippen molar-refractivity contribution in [1.29, 1.82) is 0 Å². The average Bonchev–Trinajstić information content (AvgIpc) is 2.28. The molecule has 1 aromatic carbocycles. The van der Waals surface area contributed by atoms with Crippen LogP contribution in [0.5, 0.6) is 0 Å². The van der Waals surface area contributed by atoms with Gasteiger partial charge >= 0.3 is 0 Å². The van der Waals surface area contributed by atoms with Gasteiger partial charge in [-0.25, -0.2) is 8.78 Å². The van der Waals surface area contributed by atoms with Crippen LogP contribution in [0.1, 0.15) is 32.4 Å². The first-order valence-electron chi connectivity index (χ1n) is 6.31. The molecule has 0 amide bonds. The highest BCUT2D eigenvalue weighted by atomic mass is 28.4. The van der Waals surface area contributed by atoms with E-state index in [0.717, 1.165) is 12.1 Å². The zero-order valence-electron chi connectivity index (χ0n) is 12.1. The summed E-state index contributed by atoms with van der Waals surface area (Å²) in [6, 6.07) is 3.40. The van der Waals surface area contributed by atoms with Crippen LogP contribution in [0.3, 0.4) is 0 Å². The molecule has 0 heterocycles. The lowest BCUT2D eigenvalue weighted by molar-refractivity contribution is 0.0999. The molecule has 0 spiro atoms. The quantitative estimate of drug-likeness (QED) is 0.848. The van der Waals surface area contributed by atoms with E-state index in [9.17, 15) is 13.9 Å². The Balaban J connectivity index is 2.70. The van der Waals surface area contributed by atoms with Crippen molar-refractivity contribution in [2.75, 3.05) is 6.61 Å². The van der Waals surface area contributed by atoms with Crippen molar-refractivity contribution in [3.8, 4) is 0 Å². The molecule has 0 aliphatic heterocycles. The van der Waals surface area contributed by atoms with Gasteiger partial charge in [0.05, 0.1) is 6.61 Å². The smallest absolute Gasteiger partial charge is 0.192 e. The summed E-state index contributed by atoms with van der Waals surface area (Å²) in [5.74, 6) is -1.87. The van der Waals surface area contributed by atoms with E-state index < -0.39 is 26.1 Å². The van der Waals surface area contributed by atoms with Gasteiger partial charge in [-0.2, -0.15) is 0 Å². The van der Waals surface area contributed by atoms with Crippen molar-refractivity contribution in [2.45, 2.75) is 45.0 Å². The first kappa shape index (κ1) is 16.3. The lowest BCUT2D eigenvalue weighted by Gasteiger charge is -2.36. The van der Waals surface area contributed by atoms with Crippen LogP contribution in [-0.2, 0) is 4.43 Å². The summed E-state index contributed by atoms with van der Waals surface area (Å²) in [6.45, 7) is 10.5. The van der Waals surface area contributed by atoms with E-state index in [2.05, 4.69) is 33.9 Å². The van der Waals surface area contributed by atoms with Crippen molar-refractivity contribution < 1.29 is 18.3 Å². The Morgan fingerprint density at radius 3 is 2.26 bits per heavy atom. The topological polar surface area (TPSA) is 29.5 Å². The zero-order chi connectivity index (χ0) is 14.8. The molecule has 0 aromatic heterocycles. The maximum Gasteiger partial charge on any atom is 0.192 e. The molecule has 0 fully saturated rings. The molecule has 2 nitrogen and oxygen atoms in total. The molecule has 1 rings (SSSR count). The molecule has 0 aliphatic carbocycles. The summed E-state index contributed by atoms with van der Waals surface area (Å²) in [5, 5.41) is 10.0. The predicted molar refractivity (Wildman–Crippen MR) is 74.5 cm³/mol. The minimum Gasteiger partial charge on any atom is -0.414 e. The molecular weight excluding hydrogens is 266 g/mol. The van der Waals surface area contributed by atoms with Gasteiger partial charge in [0.15, 0.2) is 20.0 Å². The van der Waals surface area contributed by atoms with Crippen molar-refractivity contribution >= 4 is 8.32 Å². The van der Waals surface area contributed by atoms with Crippen molar-refractivity contribution in [3.63, 3.8) is 0 Å². The number of hydrogen-bond acceptors (Lipinski definition) is 2. The van der Waals surface area contributed by atoms with Gasteiger partial charge in [0.25, 0.3) is 0 Å². The molecule has 5 heteroatoms. The molecular formula is C14H22F2O2Si. The Hall–Kier alpha value is -0.783. The molecule has 1 unspecified atom stereocenters. The van der Waals surface area contributed by atoms with Crippen LogP contribution in [-0.4, -0.2) is 20.0 Å². The Morgan fingerprint density at radius 1 is 1.21 bits per heavy atom. The summed E-state index contributed by atoms with van der Waals surface area (Å²) in [6.07, 6.45) is -0.941. The van der Waals surface area contributed by atoms with Gasteiger partial charge in [0.1, 0.15) is 6.10 Å². The number of rotatable bonds is 4. The van der Waals surface area contributed by atoms with Crippen LogP contribution in [0.15, 0.2) is 18.2 Å². The van der Waals surface area contributed by atoms with E-state index in [1.54, 1.807) is 0 Å². The summed E-state index contributed by atoms with van der Waals surface area (Å²) < 4.78 is 31.8. The summed E-state index contributed by atoms with van der Waals surface area (Å²) in [4.78, 5) is 0. The van der Waals surface area contributed by atoms with E-state index in [0.29, 0.717) is 5.56 Å². The second-order valence-corrected chi connectivity index (χ2v) is 11.1. The molecule has 1 atom stereocenters. The van der Waals surface area contributed by atoms with Crippen molar-refractivity contribution in [2.24, 2.45) is 0 Å². The summed E-state index contributed by atoms with van der Waals surface area (Å²) in [5.41, 5.74) is 0.331. The summed E-state index contributed by atoms with van der Waals surface area (Å²) >= 11 is 0. The summed E-state index contributed by atoms with van der Waals surface area (Å²) in [7, 11) is -1.95. The highest BCUT2D eigenvalue weighted by Gasteiger charge is 2.37. The standard InChI is InChI=1S/C14H22F2O2Si/c1-14(2,3)19(4,5)18-9-13(17)10-6-7-11(15)12(16)8-10/h6-8,13,17H,9H2,1-5H3. The van der Waals surface area contributed by atoms with Gasteiger partial charge in [-0.3, -0.25) is 0 Å². The Morgan fingerprint density at radius 2 is 1.79 bits per heavy atom. The minimum atomic E-state index is -1.95. The van der Waals surface area contributed by atoms with Crippen LogP contribution in [0.25, 0.3) is 0 Å². The maximum atomic E-state index is 13.1. The monoisotopic (exact) mass is 288 g/mol. The van der Waals surface area contributed by atoms with Gasteiger partial charge < -0.3 is 9.53 Å². The third-order valence-electron chi connectivity index (χ3n) is 3.74. The molecule has 0 saturated carbocycles. The second-order valence-electron chi connectivity index (χ2n) is 6.26. The van der Waals surface area contributed by atoms with Crippen LogP contribution in [0, 0.1) is 11.6 Å². The van der Waals surface area contributed by atoms with Crippen LogP contribution in [0.4, 0.5) is 8.78 Å². The lowest BCUT2D eigenvalue weighted by atomic mass is 10.1. The molecule has 1 N–H and O–H groups in total. The molecule has 1 aromatic rings. The van der Waals surface area contributed by atoms with Crippen molar-refractivity contribution in [1.82, 2.24) is 0 Å². The fraction of sp³-hybridized carbons (Fsp3) is 0.571. The largest absolute Gasteiger partial charge is 0.414 e. The normalized spacial score (nSPS) is 14.5. The first-order chi connectivity index (χ1) is 8.54. The van der Waals surface area contributed by atoms with Gasteiger partial charge in [0, 0.05) is 0 Å². The third-order valence-corrected chi connectivity index (χ3v) is 8.24. The fourth-order valence-corrected chi connectivity index (χ4v) is 2.33. The van der Waals surface area contributed by atoms with Gasteiger partial charge in [-0.1, -0.05) is 26.8 Å². The SMILES string of the molecule is CC(C)(C)[Si](C)(C)OCC(O)c1ccc(F)c(F)c1. The Bertz CT molecular complexity index is 442. The molecule has 108 valence electrons. The third kappa shape index (κ3) is 4.09. The van der Waals surface area contributed by atoms with Crippen LogP contribution >= 0.6 is 0 Å². The molecule has 0 radical (unpaired) electrons. The number of hydrogen-bond donors (Lipinski definition) is 1. The number of aliphatic hydroxyl groups excluding tert-OH is 1. The Labute approximate surface area is 114 Å². The molecule has 0 aliphatic rings. The number of benzene rings is 1. The fourth-order valence-electron chi connectivity index (χ4n) is 1.32. The number of halogens is 2. The lowest BCUT2D eigenvalue weighted by Crippen LogP contribution is -2.41. The first-order valence-corrected chi connectivity index (χ1v) is 9.22. The van der Waals surface area contributed by atoms with E-state index in [-0.39, 0.29) is 11.6 Å². The van der Waals surface area contributed by atoms with Crippen molar-refractivity contribution in [3.05, 3.63) is 35.4 Å². The van der Waals surface area contributed by atoms with Gasteiger partial charge in [0.2, 0.25) is 0 Å². The highest BCUT2D eigenvalue weighted by Crippen LogP contribution is 2.37. The average molecular weight is 288 g/mol. The molecule has 0 saturated heterocycles. The Kier molecular flexibility index (Phi) is 4.87. The van der Waals surface area contributed by atoms with E-state index >= 15 is 0 Å². The van der Waals surface area contributed by atoms with E-state index in [1.807, 2.05) is 0 Å². The van der Waals surface area contributed by atoms with Gasteiger partial charge in [-0.15, -0.1) is 0 Å². The second kappa shape index (κ2) is 5.69. The van der Waals surface area contributed by atoms with Gasteiger partial charge in [-0.05, 0) is 35.8 Å². The van der Waals surface area contributed by atoms with E-state index in [4.69, 9.17) is 4.43 Å². The molecule has 0 bridgehead atoms.